The maximum atomic E-state index is 12.1. The molecule has 0 aliphatic rings. The van der Waals surface area contributed by atoms with E-state index in [0.717, 1.165) is 0 Å². The molecule has 0 saturated heterocycles. The molecule has 1 aromatic rings. The quantitative estimate of drug-likeness (QED) is 0.816. The Hall–Kier alpha value is -1.26. The fourth-order valence-electron chi connectivity index (χ4n) is 1.12. The van der Waals surface area contributed by atoms with Gasteiger partial charge in [-0.05, 0) is 28.7 Å². The van der Waals surface area contributed by atoms with E-state index in [2.05, 4.69) is 9.72 Å². The number of carboxylic acids is 1. The summed E-state index contributed by atoms with van der Waals surface area (Å²) >= 11 is 1.77. The average molecular weight is 377 g/mol. The average Bonchev–Trinajstić information content (AvgIpc) is 2.19. The summed E-state index contributed by atoms with van der Waals surface area (Å²) < 4.78 is 45.2. The van der Waals surface area contributed by atoms with Crippen LogP contribution in [0.5, 0.6) is 11.8 Å². The lowest BCUT2D eigenvalue weighted by molar-refractivity contribution is -0.276. The van der Waals surface area contributed by atoms with Gasteiger partial charge >= 0.3 is 12.3 Å². The fraction of sp³-hybridized carbons (Fsp3) is 0.333. The van der Waals surface area contributed by atoms with E-state index in [9.17, 15) is 18.0 Å². The minimum Gasteiger partial charge on any atom is -0.481 e. The molecular formula is C9H7F3INO4. The van der Waals surface area contributed by atoms with Gasteiger partial charge in [-0.3, -0.25) is 4.79 Å². The highest BCUT2D eigenvalue weighted by atomic mass is 127. The molecule has 0 aromatic carbocycles. The van der Waals surface area contributed by atoms with E-state index in [-0.39, 0.29) is 11.4 Å². The third-order valence-corrected chi connectivity index (χ3v) is 2.50. The highest BCUT2D eigenvalue weighted by Crippen LogP contribution is 2.30. The minimum absolute atomic E-state index is 0.0658. The van der Waals surface area contributed by atoms with Gasteiger partial charge in [0.05, 0.1) is 17.1 Å². The van der Waals surface area contributed by atoms with E-state index in [0.29, 0.717) is 3.57 Å². The molecule has 0 fully saturated rings. The molecule has 100 valence electrons. The number of hydrogen-bond donors (Lipinski definition) is 1. The third-order valence-electron chi connectivity index (χ3n) is 1.73. The van der Waals surface area contributed by atoms with E-state index >= 15 is 0 Å². The van der Waals surface area contributed by atoms with Crippen LogP contribution in [0, 0.1) is 3.57 Å². The van der Waals surface area contributed by atoms with E-state index < -0.39 is 24.6 Å². The predicted octanol–water partition coefficient (Wildman–Crippen LogP) is 2.22. The molecule has 18 heavy (non-hydrogen) atoms. The van der Waals surface area contributed by atoms with Crippen molar-refractivity contribution in [2.45, 2.75) is 12.8 Å². The standard InChI is InChI=1S/C9H7F3INO4/c1-17-8-5(13)2-4(3-6(15)16)7(14-8)18-9(10,11)12/h2H,3H2,1H3,(H,15,16). The summed E-state index contributed by atoms with van der Waals surface area (Å²) in [4.78, 5) is 14.0. The number of carboxylic acid groups (broad SMARTS) is 1. The zero-order valence-electron chi connectivity index (χ0n) is 8.92. The first kappa shape index (κ1) is 14.8. The first-order valence-electron chi connectivity index (χ1n) is 4.44. The van der Waals surface area contributed by atoms with Gasteiger partial charge in [0.15, 0.2) is 0 Å². The van der Waals surface area contributed by atoms with Crippen LogP contribution in [0.25, 0.3) is 0 Å². The van der Waals surface area contributed by atoms with E-state index in [1.165, 1.54) is 13.2 Å². The van der Waals surface area contributed by atoms with Gasteiger partial charge in [0, 0.05) is 5.56 Å². The minimum atomic E-state index is -4.95. The van der Waals surface area contributed by atoms with Crippen molar-refractivity contribution in [2.24, 2.45) is 0 Å². The van der Waals surface area contributed by atoms with Gasteiger partial charge in [0.1, 0.15) is 0 Å². The maximum absolute atomic E-state index is 12.1. The Labute approximate surface area is 113 Å². The molecule has 5 nitrogen and oxygen atoms in total. The SMILES string of the molecule is COc1nc(OC(F)(F)F)c(CC(=O)O)cc1I. The van der Waals surface area contributed by atoms with Gasteiger partial charge in [0.25, 0.3) is 0 Å². The van der Waals surface area contributed by atoms with Crippen LogP contribution in [-0.4, -0.2) is 29.5 Å². The first-order valence-corrected chi connectivity index (χ1v) is 5.51. The van der Waals surface area contributed by atoms with Crippen LogP contribution < -0.4 is 9.47 Å². The van der Waals surface area contributed by atoms with Crippen LogP contribution in [0.1, 0.15) is 5.56 Å². The topological polar surface area (TPSA) is 68.7 Å². The molecule has 0 amide bonds. The summed E-state index contributed by atoms with van der Waals surface area (Å²) in [5.74, 6) is -2.17. The van der Waals surface area contributed by atoms with Crippen LogP contribution in [0.15, 0.2) is 6.07 Å². The lowest BCUT2D eigenvalue weighted by Crippen LogP contribution is -2.20. The Bertz CT molecular complexity index is 464. The molecule has 1 aromatic heterocycles. The number of ether oxygens (including phenoxy) is 2. The predicted molar refractivity (Wildman–Crippen MR) is 61.5 cm³/mol. The van der Waals surface area contributed by atoms with Gasteiger partial charge in [0.2, 0.25) is 11.8 Å². The van der Waals surface area contributed by atoms with Crippen molar-refractivity contribution in [2.75, 3.05) is 7.11 Å². The largest absolute Gasteiger partial charge is 0.574 e. The van der Waals surface area contributed by atoms with Crippen LogP contribution in [-0.2, 0) is 11.2 Å². The van der Waals surface area contributed by atoms with Crippen molar-refractivity contribution < 1.29 is 32.5 Å². The van der Waals surface area contributed by atoms with Gasteiger partial charge in [-0.2, -0.15) is 4.98 Å². The summed E-state index contributed by atoms with van der Waals surface area (Å²) in [5.41, 5.74) is -0.176. The molecule has 0 saturated carbocycles. The van der Waals surface area contributed by atoms with Gasteiger partial charge in [-0.1, -0.05) is 0 Å². The number of nitrogens with zero attached hydrogens (tertiary/aromatic N) is 1. The van der Waals surface area contributed by atoms with Crippen molar-refractivity contribution in [3.63, 3.8) is 0 Å². The molecule has 0 bridgehead atoms. The van der Waals surface area contributed by atoms with Gasteiger partial charge in [-0.15, -0.1) is 13.2 Å². The molecule has 1 N–H and O–H groups in total. The molecule has 1 heterocycles. The summed E-state index contributed by atoms with van der Waals surface area (Å²) in [5, 5.41) is 8.61. The second-order valence-electron chi connectivity index (χ2n) is 3.06. The molecule has 0 radical (unpaired) electrons. The molecule has 1 rings (SSSR count). The van der Waals surface area contributed by atoms with Crippen molar-refractivity contribution >= 4 is 28.6 Å². The zero-order chi connectivity index (χ0) is 13.9. The van der Waals surface area contributed by atoms with Crippen molar-refractivity contribution in [1.29, 1.82) is 0 Å². The summed E-state index contributed by atoms with van der Waals surface area (Å²) in [6.45, 7) is 0. The zero-order valence-corrected chi connectivity index (χ0v) is 11.1. The third kappa shape index (κ3) is 4.20. The van der Waals surface area contributed by atoms with Crippen LogP contribution >= 0.6 is 22.6 Å². The second kappa shape index (κ2) is 5.59. The number of rotatable bonds is 4. The molecular weight excluding hydrogens is 370 g/mol. The molecule has 0 spiro atoms. The Kier molecular flexibility index (Phi) is 4.59. The maximum Gasteiger partial charge on any atom is 0.574 e. The Balaban J connectivity index is 3.21. The summed E-state index contributed by atoms with van der Waals surface area (Å²) in [7, 11) is 1.23. The number of methoxy groups -OCH3 is 1. The first-order chi connectivity index (χ1) is 8.23. The van der Waals surface area contributed by atoms with E-state index in [1.54, 1.807) is 22.6 Å². The summed E-state index contributed by atoms with van der Waals surface area (Å²) in [6, 6.07) is 1.22. The lowest BCUT2D eigenvalue weighted by Gasteiger charge is -2.13. The van der Waals surface area contributed by atoms with Crippen LogP contribution in [0.2, 0.25) is 0 Å². The van der Waals surface area contributed by atoms with Gasteiger partial charge < -0.3 is 14.6 Å². The number of hydrogen-bond acceptors (Lipinski definition) is 4. The molecule has 0 atom stereocenters. The number of aromatic nitrogens is 1. The molecule has 0 unspecified atom stereocenters. The number of halogens is 4. The summed E-state index contributed by atoms with van der Waals surface area (Å²) in [6.07, 6.45) is -5.57. The number of pyridine rings is 1. The fourth-order valence-corrected chi connectivity index (χ4v) is 1.84. The van der Waals surface area contributed by atoms with E-state index in [1.807, 2.05) is 0 Å². The number of aliphatic carboxylic acids is 1. The van der Waals surface area contributed by atoms with Crippen molar-refractivity contribution in [3.8, 4) is 11.8 Å². The second-order valence-corrected chi connectivity index (χ2v) is 4.22. The smallest absolute Gasteiger partial charge is 0.481 e. The van der Waals surface area contributed by atoms with Crippen LogP contribution in [0.3, 0.4) is 0 Å². The Morgan fingerprint density at radius 1 is 1.50 bits per heavy atom. The molecule has 0 aliphatic carbocycles. The highest BCUT2D eigenvalue weighted by Gasteiger charge is 2.33. The van der Waals surface area contributed by atoms with Gasteiger partial charge in [-0.25, -0.2) is 0 Å². The Morgan fingerprint density at radius 2 is 2.11 bits per heavy atom. The highest BCUT2D eigenvalue weighted by molar-refractivity contribution is 14.1. The van der Waals surface area contributed by atoms with Crippen molar-refractivity contribution in [3.05, 3.63) is 15.2 Å². The molecule has 9 heteroatoms. The van der Waals surface area contributed by atoms with E-state index in [4.69, 9.17) is 9.84 Å². The molecule has 0 aliphatic heterocycles. The van der Waals surface area contributed by atoms with Crippen LogP contribution in [0.4, 0.5) is 13.2 Å². The number of carbonyl (C=O) groups is 1. The number of alkyl halides is 3. The normalized spacial score (nSPS) is 11.2. The monoisotopic (exact) mass is 377 g/mol. The Morgan fingerprint density at radius 3 is 2.56 bits per heavy atom. The lowest BCUT2D eigenvalue weighted by atomic mass is 10.2. The van der Waals surface area contributed by atoms with Crippen molar-refractivity contribution in [1.82, 2.24) is 4.98 Å².